The Kier molecular flexibility index (Phi) is 3.17. The number of benzene rings is 1. The third kappa shape index (κ3) is 2.37. The third-order valence-electron chi connectivity index (χ3n) is 3.39. The summed E-state index contributed by atoms with van der Waals surface area (Å²) < 4.78 is 14.2. The Hall–Kier alpha value is -2.70. The van der Waals surface area contributed by atoms with Gasteiger partial charge in [-0.15, -0.1) is 0 Å². The van der Waals surface area contributed by atoms with E-state index in [1.54, 1.807) is 12.1 Å². The van der Waals surface area contributed by atoms with Crippen molar-refractivity contribution in [2.75, 3.05) is 6.54 Å². The highest BCUT2D eigenvalue weighted by atomic mass is 19.1. The molecule has 1 N–H and O–H groups in total. The third-order valence-corrected chi connectivity index (χ3v) is 3.39. The molecule has 2 aromatic rings. The van der Waals surface area contributed by atoms with Crippen LogP contribution in [0.4, 0.5) is 4.39 Å². The zero-order valence-corrected chi connectivity index (χ0v) is 11.0. The molecular weight excluding hydrogens is 277 g/mol. The molecule has 6 nitrogen and oxygen atoms in total. The average Bonchev–Trinajstić information content (AvgIpc) is 2.48. The van der Waals surface area contributed by atoms with E-state index in [9.17, 15) is 19.1 Å². The van der Waals surface area contributed by atoms with Crippen LogP contribution < -0.4 is 5.43 Å². The maximum Gasteiger partial charge on any atom is 0.276 e. The van der Waals surface area contributed by atoms with Gasteiger partial charge < -0.3 is 10.0 Å². The molecule has 7 heteroatoms. The van der Waals surface area contributed by atoms with Crippen molar-refractivity contribution in [3.63, 3.8) is 0 Å². The number of halogens is 1. The minimum Gasteiger partial charge on any atom is -0.502 e. The maximum atomic E-state index is 12.9. The number of nitrogens with zero attached hydrogens (tertiary/aromatic N) is 3. The Morgan fingerprint density at radius 3 is 2.62 bits per heavy atom. The van der Waals surface area contributed by atoms with Gasteiger partial charge in [-0.1, -0.05) is 12.1 Å². The molecule has 0 fully saturated rings. The Morgan fingerprint density at radius 2 is 1.90 bits per heavy atom. The van der Waals surface area contributed by atoms with Crippen LogP contribution in [0.25, 0.3) is 0 Å². The van der Waals surface area contributed by atoms with E-state index in [2.05, 4.69) is 5.10 Å². The average molecular weight is 289 g/mol. The lowest BCUT2D eigenvalue weighted by Crippen LogP contribution is -2.42. The number of rotatable bonds is 2. The van der Waals surface area contributed by atoms with E-state index < -0.39 is 17.1 Å². The lowest BCUT2D eigenvalue weighted by Gasteiger charge is -2.29. The topological polar surface area (TPSA) is 75.4 Å². The van der Waals surface area contributed by atoms with Gasteiger partial charge in [0.2, 0.25) is 5.43 Å². The van der Waals surface area contributed by atoms with E-state index in [1.807, 2.05) is 0 Å². The second-order valence-electron chi connectivity index (χ2n) is 4.78. The van der Waals surface area contributed by atoms with E-state index in [4.69, 9.17) is 0 Å². The van der Waals surface area contributed by atoms with Crippen LogP contribution in [0.5, 0.6) is 5.75 Å². The molecule has 1 aromatic heterocycles. The predicted molar refractivity (Wildman–Crippen MR) is 71.3 cm³/mol. The summed E-state index contributed by atoms with van der Waals surface area (Å²) in [6, 6.07) is 5.82. The number of carbonyl (C=O) groups is 1. The normalized spacial score (nSPS) is 14.1. The van der Waals surface area contributed by atoms with Crippen LogP contribution in [0, 0.1) is 5.82 Å². The van der Waals surface area contributed by atoms with Crippen LogP contribution in [0.1, 0.15) is 16.1 Å². The van der Waals surface area contributed by atoms with Gasteiger partial charge in [0.1, 0.15) is 5.82 Å². The minimum atomic E-state index is -0.682. The first-order valence-corrected chi connectivity index (χ1v) is 6.39. The Morgan fingerprint density at radius 1 is 1.19 bits per heavy atom. The van der Waals surface area contributed by atoms with E-state index in [1.165, 1.54) is 21.7 Å². The van der Waals surface area contributed by atoms with Crippen molar-refractivity contribution in [2.45, 2.75) is 13.1 Å². The number of carbonyl (C=O) groups excluding carboxylic acids is 1. The van der Waals surface area contributed by atoms with Crippen molar-refractivity contribution in [1.29, 1.82) is 0 Å². The molecule has 0 radical (unpaired) electrons. The van der Waals surface area contributed by atoms with Gasteiger partial charge in [0, 0.05) is 13.1 Å². The van der Waals surface area contributed by atoms with Crippen LogP contribution in [-0.2, 0) is 13.1 Å². The van der Waals surface area contributed by atoms with Crippen LogP contribution in [0.2, 0.25) is 0 Å². The van der Waals surface area contributed by atoms with Gasteiger partial charge in [-0.05, 0) is 17.7 Å². The van der Waals surface area contributed by atoms with Crippen LogP contribution in [-0.4, -0.2) is 32.2 Å². The molecule has 1 amide bonds. The smallest absolute Gasteiger partial charge is 0.276 e. The molecule has 0 atom stereocenters. The standard InChI is InChI=1S/C14H12FN3O3/c15-10-3-1-9(2-4-10)8-17-5-6-18-12(14(17)21)13(20)11(19)7-16-18/h1-4,7,20H,5-6,8H2. The lowest BCUT2D eigenvalue weighted by atomic mass is 10.1. The Labute approximate surface area is 119 Å². The first kappa shape index (κ1) is 13.3. The fraction of sp³-hybridized carbons (Fsp3) is 0.214. The number of hydrogen-bond donors (Lipinski definition) is 1. The second kappa shape index (κ2) is 5.01. The summed E-state index contributed by atoms with van der Waals surface area (Å²) in [6.07, 6.45) is 0.988. The zero-order valence-electron chi connectivity index (χ0n) is 11.0. The lowest BCUT2D eigenvalue weighted by molar-refractivity contribution is 0.0673. The Balaban J connectivity index is 1.90. The van der Waals surface area contributed by atoms with Crippen LogP contribution in [0.15, 0.2) is 35.3 Å². The van der Waals surface area contributed by atoms with Gasteiger partial charge in [-0.25, -0.2) is 4.39 Å². The van der Waals surface area contributed by atoms with E-state index in [-0.39, 0.29) is 18.1 Å². The van der Waals surface area contributed by atoms with Crippen molar-refractivity contribution in [1.82, 2.24) is 14.7 Å². The second-order valence-corrected chi connectivity index (χ2v) is 4.78. The fourth-order valence-corrected chi connectivity index (χ4v) is 2.29. The molecule has 1 aliphatic rings. The molecule has 2 heterocycles. The molecule has 0 spiro atoms. The first-order valence-electron chi connectivity index (χ1n) is 6.39. The van der Waals surface area contributed by atoms with Gasteiger partial charge in [-0.3, -0.25) is 14.3 Å². The van der Waals surface area contributed by atoms with Crippen molar-refractivity contribution in [2.24, 2.45) is 0 Å². The van der Waals surface area contributed by atoms with Gasteiger partial charge in [0.05, 0.1) is 12.7 Å². The van der Waals surface area contributed by atoms with Gasteiger partial charge in [0.15, 0.2) is 11.4 Å². The number of amides is 1. The molecule has 21 heavy (non-hydrogen) atoms. The van der Waals surface area contributed by atoms with Gasteiger partial charge in [0.25, 0.3) is 5.91 Å². The molecule has 0 bridgehead atoms. The highest BCUT2D eigenvalue weighted by Crippen LogP contribution is 2.19. The van der Waals surface area contributed by atoms with Crippen LogP contribution >= 0.6 is 0 Å². The van der Waals surface area contributed by atoms with E-state index in [0.29, 0.717) is 13.1 Å². The van der Waals surface area contributed by atoms with Crippen molar-refractivity contribution in [3.05, 3.63) is 57.8 Å². The quantitative estimate of drug-likeness (QED) is 0.885. The predicted octanol–water partition coefficient (Wildman–Crippen LogP) is 0.744. The fourth-order valence-electron chi connectivity index (χ4n) is 2.29. The van der Waals surface area contributed by atoms with Crippen molar-refractivity contribution < 1.29 is 14.3 Å². The molecule has 1 aliphatic heterocycles. The van der Waals surface area contributed by atoms with Crippen molar-refractivity contribution in [3.8, 4) is 5.75 Å². The number of aromatic nitrogens is 2. The van der Waals surface area contributed by atoms with E-state index >= 15 is 0 Å². The van der Waals surface area contributed by atoms with E-state index in [0.717, 1.165) is 11.8 Å². The summed E-state index contributed by atoms with van der Waals surface area (Å²) in [5.74, 6) is -1.39. The summed E-state index contributed by atoms with van der Waals surface area (Å²) >= 11 is 0. The van der Waals surface area contributed by atoms with Gasteiger partial charge in [-0.2, -0.15) is 5.10 Å². The molecule has 0 unspecified atom stereocenters. The van der Waals surface area contributed by atoms with Gasteiger partial charge >= 0.3 is 0 Å². The highest BCUT2D eigenvalue weighted by Gasteiger charge is 2.28. The highest BCUT2D eigenvalue weighted by molar-refractivity contribution is 5.95. The first-order chi connectivity index (χ1) is 10.1. The Bertz CT molecular complexity index is 755. The number of aromatic hydroxyl groups is 1. The minimum absolute atomic E-state index is 0.101. The SMILES string of the molecule is O=C1c2c(O)c(=O)cnn2CCN1Cc1ccc(F)cc1. The summed E-state index contributed by atoms with van der Waals surface area (Å²) in [4.78, 5) is 25.2. The zero-order chi connectivity index (χ0) is 15.0. The molecule has 3 rings (SSSR count). The number of hydrogen-bond acceptors (Lipinski definition) is 4. The molecule has 0 saturated heterocycles. The molecule has 1 aromatic carbocycles. The summed E-state index contributed by atoms with van der Waals surface area (Å²) in [6.45, 7) is 1.07. The maximum absolute atomic E-state index is 12.9. The molecule has 0 aliphatic carbocycles. The van der Waals surface area contributed by atoms with Crippen molar-refractivity contribution >= 4 is 5.91 Å². The summed E-state index contributed by atoms with van der Waals surface area (Å²) in [5, 5.41) is 13.6. The summed E-state index contributed by atoms with van der Waals surface area (Å²) in [5.41, 5.74) is -0.0157. The number of fused-ring (bicyclic) bond motifs is 1. The molecule has 0 saturated carbocycles. The summed E-state index contributed by atoms with van der Waals surface area (Å²) in [7, 11) is 0. The van der Waals surface area contributed by atoms with Crippen LogP contribution in [0.3, 0.4) is 0 Å². The largest absolute Gasteiger partial charge is 0.502 e. The molecular formula is C14H12FN3O3. The molecule has 108 valence electrons. The monoisotopic (exact) mass is 289 g/mol.